The summed E-state index contributed by atoms with van der Waals surface area (Å²) in [5, 5.41) is 0. The van der Waals surface area contributed by atoms with E-state index in [0.717, 1.165) is 32.5 Å². The highest BCUT2D eigenvalue weighted by atomic mass is 16.7. The molecule has 2 nitrogen and oxygen atoms in total. The van der Waals surface area contributed by atoms with Gasteiger partial charge >= 0.3 is 0 Å². The summed E-state index contributed by atoms with van der Waals surface area (Å²) in [5.41, 5.74) is 0. The van der Waals surface area contributed by atoms with Crippen LogP contribution in [0.25, 0.3) is 0 Å². The van der Waals surface area contributed by atoms with E-state index in [-0.39, 0.29) is 6.29 Å². The molecule has 1 fully saturated rings. The Labute approximate surface area is 93.0 Å². The predicted octanol–water partition coefficient (Wildman–Crippen LogP) is 3.44. The van der Waals surface area contributed by atoms with Crippen LogP contribution in [0, 0.1) is 0 Å². The first-order valence-electron chi connectivity index (χ1n) is 5.94. The number of hydrogen-bond donors (Lipinski definition) is 0. The fourth-order valence-corrected chi connectivity index (χ4v) is 1.54. The lowest BCUT2D eigenvalue weighted by Gasteiger charge is -2.22. The van der Waals surface area contributed by atoms with Crippen LogP contribution in [-0.2, 0) is 9.47 Å². The van der Waals surface area contributed by atoms with Crippen LogP contribution in [0.2, 0.25) is 0 Å². The minimum absolute atomic E-state index is 0.0678. The number of allylic oxidation sites excluding steroid dienone is 4. The molecule has 1 aliphatic heterocycles. The van der Waals surface area contributed by atoms with Crippen molar-refractivity contribution in [1.29, 1.82) is 0 Å². The molecule has 1 rings (SSSR count). The lowest BCUT2D eigenvalue weighted by atomic mass is 10.2. The first kappa shape index (κ1) is 12.5. The van der Waals surface area contributed by atoms with E-state index in [1.807, 2.05) is 19.1 Å². The number of unbranched alkanes of at least 4 members (excludes halogenated alkanes) is 1. The van der Waals surface area contributed by atoms with Gasteiger partial charge in [0, 0.05) is 6.61 Å². The molecule has 0 N–H and O–H groups in total. The Bertz CT molecular complexity index is 191. The van der Waals surface area contributed by atoms with Crippen LogP contribution in [-0.4, -0.2) is 19.5 Å². The summed E-state index contributed by atoms with van der Waals surface area (Å²) in [6.07, 6.45) is 14.0. The second-order valence-electron chi connectivity index (χ2n) is 3.76. The van der Waals surface area contributed by atoms with E-state index in [0.29, 0.717) is 0 Å². The largest absolute Gasteiger partial charge is 0.353 e. The molecule has 0 aromatic carbocycles. The average molecular weight is 210 g/mol. The van der Waals surface area contributed by atoms with Crippen molar-refractivity contribution in [3.63, 3.8) is 0 Å². The van der Waals surface area contributed by atoms with Crippen LogP contribution in [0.1, 0.15) is 39.0 Å². The minimum Gasteiger partial charge on any atom is -0.353 e. The lowest BCUT2D eigenvalue weighted by molar-refractivity contribution is -0.162. The van der Waals surface area contributed by atoms with E-state index in [4.69, 9.17) is 9.47 Å². The Morgan fingerprint density at radius 2 is 2.27 bits per heavy atom. The molecule has 1 atom stereocenters. The molecule has 0 saturated carbocycles. The Kier molecular flexibility index (Phi) is 7.22. The zero-order valence-corrected chi connectivity index (χ0v) is 9.65. The van der Waals surface area contributed by atoms with Crippen LogP contribution in [0.5, 0.6) is 0 Å². The molecule has 0 radical (unpaired) electrons. The summed E-state index contributed by atoms with van der Waals surface area (Å²) in [4.78, 5) is 0. The molecule has 0 aromatic heterocycles. The second-order valence-corrected chi connectivity index (χ2v) is 3.76. The molecule has 0 amide bonds. The van der Waals surface area contributed by atoms with Gasteiger partial charge in [-0.15, -0.1) is 0 Å². The summed E-state index contributed by atoms with van der Waals surface area (Å²) in [6.45, 7) is 3.70. The maximum Gasteiger partial charge on any atom is 0.157 e. The van der Waals surface area contributed by atoms with Crippen molar-refractivity contribution in [1.82, 2.24) is 0 Å². The van der Waals surface area contributed by atoms with Crippen LogP contribution in [0.15, 0.2) is 24.3 Å². The van der Waals surface area contributed by atoms with Crippen molar-refractivity contribution in [2.45, 2.75) is 45.3 Å². The van der Waals surface area contributed by atoms with Crippen molar-refractivity contribution >= 4 is 0 Å². The summed E-state index contributed by atoms with van der Waals surface area (Å²) in [5.74, 6) is 0. The highest BCUT2D eigenvalue weighted by Gasteiger charge is 2.12. The smallest absolute Gasteiger partial charge is 0.157 e. The number of hydrogen-bond acceptors (Lipinski definition) is 2. The molecule has 2 heteroatoms. The van der Waals surface area contributed by atoms with Gasteiger partial charge in [-0.25, -0.2) is 0 Å². The first-order chi connectivity index (χ1) is 7.43. The molecule has 1 aliphatic rings. The Hall–Kier alpha value is -0.600. The van der Waals surface area contributed by atoms with Gasteiger partial charge in [0.2, 0.25) is 0 Å². The van der Waals surface area contributed by atoms with Crippen molar-refractivity contribution in [2.75, 3.05) is 13.2 Å². The van der Waals surface area contributed by atoms with Crippen molar-refractivity contribution < 1.29 is 9.47 Å². The summed E-state index contributed by atoms with van der Waals surface area (Å²) < 4.78 is 11.1. The number of ether oxygens (including phenoxy) is 2. The van der Waals surface area contributed by atoms with E-state index in [1.165, 1.54) is 12.8 Å². The molecule has 0 aromatic rings. The molecular weight excluding hydrogens is 188 g/mol. The van der Waals surface area contributed by atoms with Gasteiger partial charge in [-0.3, -0.25) is 0 Å². The van der Waals surface area contributed by atoms with E-state index in [1.54, 1.807) is 0 Å². The fourth-order valence-electron chi connectivity index (χ4n) is 1.54. The summed E-state index contributed by atoms with van der Waals surface area (Å²) in [7, 11) is 0. The third-order valence-electron chi connectivity index (χ3n) is 2.40. The highest BCUT2D eigenvalue weighted by Crippen LogP contribution is 2.13. The normalized spacial score (nSPS) is 22.9. The van der Waals surface area contributed by atoms with E-state index >= 15 is 0 Å². The fraction of sp³-hybridized carbons (Fsp3) is 0.692. The highest BCUT2D eigenvalue weighted by molar-refractivity contribution is 5.00. The van der Waals surface area contributed by atoms with Gasteiger partial charge in [0.25, 0.3) is 0 Å². The predicted molar refractivity (Wildman–Crippen MR) is 62.7 cm³/mol. The van der Waals surface area contributed by atoms with Gasteiger partial charge in [0.15, 0.2) is 6.29 Å². The Morgan fingerprint density at radius 1 is 1.33 bits per heavy atom. The Balaban J connectivity index is 1.91. The van der Waals surface area contributed by atoms with Gasteiger partial charge < -0.3 is 9.47 Å². The lowest BCUT2D eigenvalue weighted by Crippen LogP contribution is -2.22. The average Bonchev–Trinajstić information content (AvgIpc) is 2.29. The third kappa shape index (κ3) is 6.47. The van der Waals surface area contributed by atoms with Gasteiger partial charge in [-0.05, 0) is 39.0 Å². The van der Waals surface area contributed by atoms with Gasteiger partial charge in [0.1, 0.15) is 0 Å². The Morgan fingerprint density at radius 3 is 3.00 bits per heavy atom. The van der Waals surface area contributed by atoms with E-state index in [2.05, 4.69) is 12.2 Å². The van der Waals surface area contributed by atoms with E-state index in [9.17, 15) is 0 Å². The minimum atomic E-state index is 0.0678. The molecule has 1 saturated heterocycles. The van der Waals surface area contributed by atoms with E-state index < -0.39 is 0 Å². The summed E-state index contributed by atoms with van der Waals surface area (Å²) in [6, 6.07) is 0. The standard InChI is InChI=1S/C13H22O2/c1-2-3-4-5-6-8-11-14-13-10-7-9-12-15-13/h2-5,13H,6-12H2,1H3/b3-2-,5-4-. The first-order valence-corrected chi connectivity index (χ1v) is 5.94. The van der Waals surface area contributed by atoms with Crippen LogP contribution in [0.4, 0.5) is 0 Å². The number of rotatable bonds is 6. The van der Waals surface area contributed by atoms with Gasteiger partial charge in [-0.1, -0.05) is 24.3 Å². The maximum absolute atomic E-state index is 5.62. The second kappa shape index (κ2) is 8.69. The van der Waals surface area contributed by atoms with Crippen LogP contribution >= 0.6 is 0 Å². The third-order valence-corrected chi connectivity index (χ3v) is 2.40. The van der Waals surface area contributed by atoms with Crippen molar-refractivity contribution in [2.24, 2.45) is 0 Å². The molecule has 0 aliphatic carbocycles. The molecule has 0 bridgehead atoms. The van der Waals surface area contributed by atoms with Crippen molar-refractivity contribution in [3.8, 4) is 0 Å². The molecule has 0 spiro atoms. The molecule has 86 valence electrons. The quantitative estimate of drug-likeness (QED) is 0.494. The van der Waals surface area contributed by atoms with Gasteiger partial charge in [0.05, 0.1) is 6.61 Å². The topological polar surface area (TPSA) is 18.5 Å². The zero-order chi connectivity index (χ0) is 10.8. The molecular formula is C13H22O2. The summed E-state index contributed by atoms with van der Waals surface area (Å²) >= 11 is 0. The van der Waals surface area contributed by atoms with Crippen LogP contribution < -0.4 is 0 Å². The van der Waals surface area contributed by atoms with Crippen molar-refractivity contribution in [3.05, 3.63) is 24.3 Å². The monoisotopic (exact) mass is 210 g/mol. The molecule has 1 heterocycles. The maximum atomic E-state index is 5.62. The van der Waals surface area contributed by atoms with Gasteiger partial charge in [-0.2, -0.15) is 0 Å². The molecule has 1 unspecified atom stereocenters. The van der Waals surface area contributed by atoms with Crippen LogP contribution in [0.3, 0.4) is 0 Å². The SMILES string of the molecule is C/C=C\C=C/CCCOC1CCCCO1. The zero-order valence-electron chi connectivity index (χ0n) is 9.65. The molecule has 15 heavy (non-hydrogen) atoms.